The van der Waals surface area contributed by atoms with Crippen LogP contribution in [0.1, 0.15) is 0 Å². The zero-order valence-electron chi connectivity index (χ0n) is 12.6. The third kappa shape index (κ3) is 7.53. The Balaban J connectivity index is 0.00000264. The lowest BCUT2D eigenvalue weighted by molar-refractivity contribution is -0.142. The molecule has 0 aliphatic carbocycles. The fourth-order valence-electron chi connectivity index (χ4n) is 2.11. The van der Waals surface area contributed by atoms with E-state index < -0.39 is 22.7 Å². The molecule has 1 aliphatic heterocycles. The predicted octanol–water partition coefficient (Wildman–Crippen LogP) is 0.472. The molecule has 0 aromatic carbocycles. The van der Waals surface area contributed by atoms with E-state index in [1.165, 1.54) is 0 Å². The Morgan fingerprint density at radius 2 is 1.88 bits per heavy atom. The normalized spacial score (nSPS) is 16.3. The van der Waals surface area contributed by atoms with Crippen molar-refractivity contribution in [2.75, 3.05) is 39.3 Å². The molecular weight excluding hydrogens is 394 g/mol. The van der Waals surface area contributed by atoms with Crippen molar-refractivity contribution >= 4 is 34.8 Å². The Kier molecular flexibility index (Phi) is 9.54. The van der Waals surface area contributed by atoms with Gasteiger partial charge in [0, 0.05) is 45.5 Å². The lowest BCUT2D eigenvalue weighted by Crippen LogP contribution is -2.46. The molecule has 2 N–H and O–H groups in total. The molecule has 2 rings (SSSR count). The van der Waals surface area contributed by atoms with Crippen LogP contribution in [0.3, 0.4) is 0 Å². The largest absolute Gasteiger partial charge is 0.408 e. The van der Waals surface area contributed by atoms with Crippen LogP contribution in [0.4, 0.5) is 13.2 Å². The summed E-state index contributed by atoms with van der Waals surface area (Å²) in [6.07, 6.45) is -2.65. The first-order chi connectivity index (χ1) is 10.3. The second-order valence-corrected chi connectivity index (χ2v) is 6.75. The number of hydrogen-bond acceptors (Lipinski definition) is 5. The lowest BCUT2D eigenvalue weighted by Gasteiger charge is -2.26. The number of nitrogens with zero attached hydrogens (tertiary/aromatic N) is 3. The lowest BCUT2D eigenvalue weighted by atomic mass is 10.3. The van der Waals surface area contributed by atoms with E-state index in [-0.39, 0.29) is 36.3 Å². The number of alkyl halides is 3. The molecule has 13 heteroatoms. The number of piperazine rings is 1. The van der Waals surface area contributed by atoms with Gasteiger partial charge in [-0.1, -0.05) is 0 Å². The Morgan fingerprint density at radius 1 is 1.25 bits per heavy atom. The Morgan fingerprint density at radius 3 is 2.46 bits per heavy atom. The predicted molar refractivity (Wildman–Crippen MR) is 87.3 cm³/mol. The van der Waals surface area contributed by atoms with Gasteiger partial charge < -0.3 is 5.32 Å². The highest BCUT2D eigenvalue weighted by Gasteiger charge is 2.29. The van der Waals surface area contributed by atoms with Crippen LogP contribution in [0.5, 0.6) is 0 Å². The van der Waals surface area contributed by atoms with Crippen molar-refractivity contribution in [3.8, 4) is 0 Å². The first-order valence-electron chi connectivity index (χ1n) is 6.78. The quantitative estimate of drug-likeness (QED) is 0.708. The van der Waals surface area contributed by atoms with Gasteiger partial charge in [-0.15, -0.1) is 24.8 Å². The number of nitrogens with one attached hydrogen (secondary N) is 2. The minimum Gasteiger partial charge on any atom is -0.314 e. The summed E-state index contributed by atoms with van der Waals surface area (Å²) in [7, 11) is -3.84. The highest BCUT2D eigenvalue weighted by atomic mass is 35.5. The minimum absolute atomic E-state index is 0. The molecule has 0 bridgehead atoms. The third-order valence-corrected chi connectivity index (χ3v) is 4.61. The van der Waals surface area contributed by atoms with Gasteiger partial charge in [-0.25, -0.2) is 13.1 Å². The first-order valence-corrected chi connectivity index (χ1v) is 8.26. The summed E-state index contributed by atoms with van der Waals surface area (Å²) < 4.78 is 63.5. The fraction of sp³-hybridized carbons (Fsp3) is 0.727. The SMILES string of the molecule is Cl.Cl.O=S(=O)(NCCN1CCNCC1)c1cnn(CC(F)(F)F)c1. The van der Waals surface area contributed by atoms with E-state index in [9.17, 15) is 21.6 Å². The summed E-state index contributed by atoms with van der Waals surface area (Å²) >= 11 is 0. The van der Waals surface area contributed by atoms with Crippen molar-refractivity contribution in [1.29, 1.82) is 0 Å². The molecule has 0 spiro atoms. The minimum atomic E-state index is -4.44. The van der Waals surface area contributed by atoms with Crippen LogP contribution in [0.15, 0.2) is 17.3 Å². The van der Waals surface area contributed by atoms with E-state index >= 15 is 0 Å². The molecule has 7 nitrogen and oxygen atoms in total. The molecule has 2 heterocycles. The van der Waals surface area contributed by atoms with E-state index in [4.69, 9.17) is 0 Å². The zero-order chi connectivity index (χ0) is 16.2. The number of sulfonamides is 1. The van der Waals surface area contributed by atoms with Crippen LogP contribution in [-0.2, 0) is 16.6 Å². The molecule has 0 saturated carbocycles. The Bertz CT molecular complexity index is 591. The van der Waals surface area contributed by atoms with Crippen LogP contribution < -0.4 is 10.0 Å². The van der Waals surface area contributed by atoms with E-state index in [0.29, 0.717) is 11.2 Å². The van der Waals surface area contributed by atoms with Gasteiger partial charge in [0.2, 0.25) is 10.0 Å². The topological polar surface area (TPSA) is 79.3 Å². The maximum Gasteiger partial charge on any atom is 0.408 e. The molecule has 24 heavy (non-hydrogen) atoms. The first kappa shape index (κ1) is 23.4. The molecule has 0 radical (unpaired) electrons. The summed E-state index contributed by atoms with van der Waals surface area (Å²) in [5.74, 6) is 0. The average molecular weight is 414 g/mol. The molecule has 142 valence electrons. The van der Waals surface area contributed by atoms with Gasteiger partial charge in [-0.2, -0.15) is 18.3 Å². The summed E-state index contributed by atoms with van der Waals surface area (Å²) in [5, 5.41) is 6.61. The Hall–Kier alpha value is -0.590. The van der Waals surface area contributed by atoms with Gasteiger partial charge >= 0.3 is 6.18 Å². The van der Waals surface area contributed by atoms with Gasteiger partial charge in [0.05, 0.1) is 6.20 Å². The third-order valence-electron chi connectivity index (χ3n) is 3.19. The maximum absolute atomic E-state index is 12.2. The molecule has 0 amide bonds. The van der Waals surface area contributed by atoms with Crippen molar-refractivity contribution in [1.82, 2.24) is 24.7 Å². The van der Waals surface area contributed by atoms with Crippen molar-refractivity contribution < 1.29 is 21.6 Å². The number of rotatable bonds is 6. The van der Waals surface area contributed by atoms with Gasteiger partial charge in [0.25, 0.3) is 0 Å². The number of halogens is 5. The monoisotopic (exact) mass is 413 g/mol. The fourth-order valence-corrected chi connectivity index (χ4v) is 3.08. The smallest absolute Gasteiger partial charge is 0.314 e. The van der Waals surface area contributed by atoms with Crippen molar-refractivity contribution in [2.45, 2.75) is 17.6 Å². The van der Waals surface area contributed by atoms with E-state index in [1.807, 2.05) is 0 Å². The summed E-state index contributed by atoms with van der Waals surface area (Å²) in [6.45, 7) is 2.83. The molecule has 1 fully saturated rings. The van der Waals surface area contributed by atoms with Gasteiger partial charge in [0.15, 0.2) is 0 Å². The molecular formula is C11H20Cl2F3N5O2S. The molecule has 0 unspecified atom stereocenters. The number of aromatic nitrogens is 2. The van der Waals surface area contributed by atoms with E-state index in [1.54, 1.807) is 0 Å². The number of hydrogen-bond donors (Lipinski definition) is 2. The summed E-state index contributed by atoms with van der Waals surface area (Å²) in [4.78, 5) is 1.84. The summed E-state index contributed by atoms with van der Waals surface area (Å²) in [5.41, 5.74) is 0. The van der Waals surface area contributed by atoms with Gasteiger partial charge in [-0.05, 0) is 0 Å². The molecule has 1 aromatic heterocycles. The van der Waals surface area contributed by atoms with E-state index in [0.717, 1.165) is 38.6 Å². The van der Waals surface area contributed by atoms with Crippen LogP contribution in [-0.4, -0.2) is 68.5 Å². The summed E-state index contributed by atoms with van der Waals surface area (Å²) in [6, 6.07) is 0. The second kappa shape index (κ2) is 9.78. The molecule has 0 atom stereocenters. The molecule has 1 aliphatic rings. The van der Waals surface area contributed by atoms with Gasteiger partial charge in [0.1, 0.15) is 11.4 Å². The van der Waals surface area contributed by atoms with Gasteiger partial charge in [-0.3, -0.25) is 9.58 Å². The molecule has 1 saturated heterocycles. The van der Waals surface area contributed by atoms with Crippen molar-refractivity contribution in [3.63, 3.8) is 0 Å². The highest BCUT2D eigenvalue weighted by Crippen LogP contribution is 2.18. The standard InChI is InChI=1S/C11H18F3N5O2S.2ClH/c12-11(13,14)9-19-8-10(7-16-19)22(20,21)17-3-6-18-4-1-15-2-5-18;;/h7-8,15,17H,1-6,9H2;2*1H. The van der Waals surface area contributed by atoms with Crippen molar-refractivity contribution in [2.24, 2.45) is 0 Å². The van der Waals surface area contributed by atoms with Crippen LogP contribution in [0.25, 0.3) is 0 Å². The maximum atomic E-state index is 12.2. The molecule has 1 aromatic rings. The zero-order valence-corrected chi connectivity index (χ0v) is 15.1. The van der Waals surface area contributed by atoms with Crippen molar-refractivity contribution in [3.05, 3.63) is 12.4 Å². The van der Waals surface area contributed by atoms with E-state index in [2.05, 4.69) is 20.0 Å². The average Bonchev–Trinajstić information content (AvgIpc) is 2.87. The van der Waals surface area contributed by atoms with Crippen LogP contribution >= 0.6 is 24.8 Å². The Labute approximate surface area is 150 Å². The highest BCUT2D eigenvalue weighted by molar-refractivity contribution is 7.89. The second-order valence-electron chi connectivity index (χ2n) is 4.98. The van der Waals surface area contributed by atoms with Crippen LogP contribution in [0.2, 0.25) is 0 Å². The van der Waals surface area contributed by atoms with Crippen LogP contribution in [0, 0.1) is 0 Å².